The number of halogens is 2. The first-order chi connectivity index (χ1) is 18.4. The van der Waals surface area contributed by atoms with Crippen LogP contribution in [0.25, 0.3) is 11.1 Å². The Morgan fingerprint density at radius 1 is 0.974 bits per heavy atom. The van der Waals surface area contributed by atoms with Gasteiger partial charge in [-0.05, 0) is 59.2 Å². The van der Waals surface area contributed by atoms with Crippen molar-refractivity contribution in [3.8, 4) is 11.1 Å². The number of nitrogens with one attached hydrogen (secondary N) is 1. The van der Waals surface area contributed by atoms with Gasteiger partial charge in [-0.2, -0.15) is 0 Å². The van der Waals surface area contributed by atoms with Crippen LogP contribution in [-0.4, -0.2) is 23.4 Å². The second kappa shape index (κ2) is 11.2. The largest absolute Gasteiger partial charge is 0.350 e. The molecule has 1 N–H and O–H groups in total. The van der Waals surface area contributed by atoms with E-state index in [1.54, 1.807) is 36.7 Å². The summed E-state index contributed by atoms with van der Waals surface area (Å²) < 4.78 is 0. The molecule has 5 nitrogen and oxygen atoms in total. The van der Waals surface area contributed by atoms with Gasteiger partial charge in [0.05, 0.1) is 28.7 Å². The summed E-state index contributed by atoms with van der Waals surface area (Å²) in [6.45, 7) is 2.46. The zero-order valence-electron chi connectivity index (χ0n) is 20.6. The van der Waals surface area contributed by atoms with Gasteiger partial charge in [-0.3, -0.25) is 4.79 Å². The second-order valence-electron chi connectivity index (χ2n) is 9.27. The van der Waals surface area contributed by atoms with E-state index in [0.29, 0.717) is 27.8 Å². The number of benzene rings is 4. The van der Waals surface area contributed by atoms with E-state index in [4.69, 9.17) is 23.2 Å². The maximum atomic E-state index is 12.8. The van der Waals surface area contributed by atoms with Crippen molar-refractivity contribution in [1.82, 2.24) is 4.90 Å². The molecule has 0 fully saturated rings. The van der Waals surface area contributed by atoms with E-state index < -0.39 is 0 Å². The fourth-order valence-corrected chi connectivity index (χ4v) is 5.11. The molecule has 0 radical (unpaired) electrons. The van der Waals surface area contributed by atoms with E-state index >= 15 is 0 Å². The van der Waals surface area contributed by atoms with Crippen LogP contribution in [0.5, 0.6) is 0 Å². The molecule has 1 amide bonds. The number of hydrogen-bond acceptors (Lipinski definition) is 4. The molecule has 0 bridgehead atoms. The van der Waals surface area contributed by atoms with Crippen LogP contribution in [0, 0.1) is 5.92 Å². The smallest absolute Gasteiger partial charge is 0.257 e. The third-order valence-corrected chi connectivity index (χ3v) is 7.18. The SMILES string of the molecule is C[C@H](C=O)[C@H]1c2cc(NC(=O)c3ccccc3Cl)ccc2N=CN1Cc1ccc(-c2cccc(Cl)c2)cc1. The fourth-order valence-electron chi connectivity index (χ4n) is 4.70. The molecule has 1 aliphatic heterocycles. The van der Waals surface area contributed by atoms with E-state index in [1.165, 1.54) is 0 Å². The Kier molecular flexibility index (Phi) is 7.59. The summed E-state index contributed by atoms with van der Waals surface area (Å²) in [6.07, 6.45) is 2.75. The lowest BCUT2D eigenvalue weighted by Gasteiger charge is -2.36. The van der Waals surface area contributed by atoms with Crippen molar-refractivity contribution in [2.75, 3.05) is 5.32 Å². The first kappa shape index (κ1) is 25.7. The first-order valence-corrected chi connectivity index (χ1v) is 13.0. The highest BCUT2D eigenvalue weighted by atomic mass is 35.5. The van der Waals surface area contributed by atoms with Crippen molar-refractivity contribution in [3.63, 3.8) is 0 Å². The lowest BCUT2D eigenvalue weighted by Crippen LogP contribution is -2.34. The molecule has 0 aromatic heterocycles. The van der Waals surface area contributed by atoms with Crippen LogP contribution in [-0.2, 0) is 11.3 Å². The van der Waals surface area contributed by atoms with Crippen molar-refractivity contribution < 1.29 is 9.59 Å². The zero-order valence-corrected chi connectivity index (χ0v) is 22.2. The molecule has 2 atom stereocenters. The molecule has 5 rings (SSSR count). The topological polar surface area (TPSA) is 61.8 Å². The van der Waals surface area contributed by atoms with Crippen molar-refractivity contribution in [2.24, 2.45) is 10.9 Å². The molecular weight excluding hydrogens is 517 g/mol. The zero-order chi connectivity index (χ0) is 26.6. The predicted octanol–water partition coefficient (Wildman–Crippen LogP) is 7.96. The summed E-state index contributed by atoms with van der Waals surface area (Å²) in [7, 11) is 0. The maximum Gasteiger partial charge on any atom is 0.257 e. The molecule has 38 heavy (non-hydrogen) atoms. The van der Waals surface area contributed by atoms with Crippen LogP contribution in [0.15, 0.2) is 96.0 Å². The molecule has 0 saturated heterocycles. The van der Waals surface area contributed by atoms with Crippen LogP contribution < -0.4 is 5.32 Å². The number of hydrogen-bond donors (Lipinski definition) is 1. The summed E-state index contributed by atoms with van der Waals surface area (Å²) in [5.41, 5.74) is 5.86. The van der Waals surface area contributed by atoms with Gasteiger partial charge < -0.3 is 15.0 Å². The van der Waals surface area contributed by atoms with E-state index in [-0.39, 0.29) is 17.9 Å². The first-order valence-electron chi connectivity index (χ1n) is 12.2. The van der Waals surface area contributed by atoms with E-state index in [9.17, 15) is 9.59 Å². The van der Waals surface area contributed by atoms with Gasteiger partial charge in [0.1, 0.15) is 6.29 Å². The Bertz CT molecular complexity index is 1520. The molecule has 0 spiro atoms. The van der Waals surface area contributed by atoms with Crippen molar-refractivity contribution in [3.05, 3.63) is 118 Å². The number of fused-ring (bicyclic) bond motifs is 1. The Morgan fingerprint density at radius 2 is 1.76 bits per heavy atom. The van der Waals surface area contributed by atoms with E-state index in [1.807, 2.05) is 43.3 Å². The number of aliphatic imine (C=N–C) groups is 1. The Hall–Kier alpha value is -3.93. The number of carbonyl (C=O) groups excluding carboxylic acids is 2. The molecule has 190 valence electrons. The minimum atomic E-state index is -0.305. The number of aldehydes is 1. The Labute approximate surface area is 231 Å². The highest BCUT2D eigenvalue weighted by molar-refractivity contribution is 6.34. The quantitative estimate of drug-likeness (QED) is 0.241. The summed E-state index contributed by atoms with van der Waals surface area (Å²) in [6, 6.07) is 28.2. The van der Waals surface area contributed by atoms with Gasteiger partial charge in [-0.15, -0.1) is 0 Å². The van der Waals surface area contributed by atoms with Crippen molar-refractivity contribution >= 4 is 53.1 Å². The van der Waals surface area contributed by atoms with Gasteiger partial charge in [0.15, 0.2) is 0 Å². The van der Waals surface area contributed by atoms with Crippen LogP contribution in [0.3, 0.4) is 0 Å². The normalized spacial score (nSPS) is 15.0. The van der Waals surface area contributed by atoms with Gasteiger partial charge >= 0.3 is 0 Å². The summed E-state index contributed by atoms with van der Waals surface area (Å²) >= 11 is 12.4. The van der Waals surface area contributed by atoms with Gasteiger partial charge in [0.2, 0.25) is 0 Å². The minimum absolute atomic E-state index is 0.246. The number of carbonyl (C=O) groups is 2. The fraction of sp³-hybridized carbons (Fsp3) is 0.129. The molecule has 0 saturated carbocycles. The standard InChI is InChI=1S/C31H25Cl2N3O2/c1-20(18-37)30-27-16-25(35-31(38)26-7-2-3-8-28(26)33)13-14-29(27)34-19-36(30)17-21-9-11-22(12-10-21)23-5-4-6-24(32)15-23/h2-16,18-20,30H,17H2,1H3,(H,35,38)/t20-,30+/m1/s1. The van der Waals surface area contributed by atoms with Crippen LogP contribution >= 0.6 is 23.2 Å². The molecule has 1 heterocycles. The van der Waals surface area contributed by atoms with Crippen molar-refractivity contribution in [2.45, 2.75) is 19.5 Å². The van der Waals surface area contributed by atoms with Crippen molar-refractivity contribution in [1.29, 1.82) is 0 Å². The number of amides is 1. The highest BCUT2D eigenvalue weighted by Gasteiger charge is 2.30. The van der Waals surface area contributed by atoms with Crippen LogP contribution in [0.4, 0.5) is 11.4 Å². The average Bonchev–Trinajstić information content (AvgIpc) is 2.93. The minimum Gasteiger partial charge on any atom is -0.350 e. The van der Waals surface area contributed by atoms with E-state index in [0.717, 1.165) is 34.2 Å². The van der Waals surface area contributed by atoms with Gasteiger partial charge in [-0.25, -0.2) is 4.99 Å². The summed E-state index contributed by atoms with van der Waals surface area (Å²) in [4.78, 5) is 31.5. The van der Waals surface area contributed by atoms with Crippen LogP contribution in [0.1, 0.15) is 34.5 Å². The number of anilines is 1. The van der Waals surface area contributed by atoms with Gasteiger partial charge in [-0.1, -0.05) is 78.7 Å². The Morgan fingerprint density at radius 3 is 2.50 bits per heavy atom. The summed E-state index contributed by atoms with van der Waals surface area (Å²) in [5, 5.41) is 4.00. The van der Waals surface area contributed by atoms with Gasteiger partial charge in [0, 0.05) is 28.7 Å². The number of rotatable bonds is 7. The molecule has 0 aliphatic carbocycles. The monoisotopic (exact) mass is 541 g/mol. The predicted molar refractivity (Wildman–Crippen MR) is 154 cm³/mol. The molecule has 4 aromatic rings. The molecular formula is C31H25Cl2N3O2. The van der Waals surface area contributed by atoms with Crippen LogP contribution in [0.2, 0.25) is 10.0 Å². The van der Waals surface area contributed by atoms with Gasteiger partial charge in [0.25, 0.3) is 5.91 Å². The lowest BCUT2D eigenvalue weighted by molar-refractivity contribution is -0.112. The summed E-state index contributed by atoms with van der Waals surface area (Å²) in [5.74, 6) is -0.604. The lowest BCUT2D eigenvalue weighted by atomic mass is 9.91. The third kappa shape index (κ3) is 5.49. The molecule has 1 aliphatic rings. The molecule has 0 unspecified atom stereocenters. The molecule has 7 heteroatoms. The second-order valence-corrected chi connectivity index (χ2v) is 10.1. The maximum absolute atomic E-state index is 12.8. The Balaban J connectivity index is 1.39. The third-order valence-electron chi connectivity index (χ3n) is 6.61. The average molecular weight is 542 g/mol. The number of nitrogens with zero attached hydrogens (tertiary/aromatic N) is 2. The molecule has 4 aromatic carbocycles. The highest BCUT2D eigenvalue weighted by Crippen LogP contribution is 2.39. The van der Waals surface area contributed by atoms with E-state index in [2.05, 4.69) is 39.5 Å².